The third-order valence-corrected chi connectivity index (χ3v) is 4.96. The number of nitrogens with two attached hydrogens (primary N) is 1. The third kappa shape index (κ3) is 2.08. The van der Waals surface area contributed by atoms with Crippen molar-refractivity contribution < 1.29 is 0 Å². The Morgan fingerprint density at radius 1 is 1.56 bits per heavy atom. The second-order valence-corrected chi connectivity index (χ2v) is 6.33. The Kier molecular flexibility index (Phi) is 3.39. The summed E-state index contributed by atoms with van der Waals surface area (Å²) in [5, 5.41) is 0.729. The molecule has 3 rings (SSSR count). The predicted octanol–water partition coefficient (Wildman–Crippen LogP) is 2.93. The largest absolute Gasteiger partial charge is 0.375 e. The van der Waals surface area contributed by atoms with Crippen molar-refractivity contribution in [1.29, 1.82) is 0 Å². The van der Waals surface area contributed by atoms with E-state index in [9.17, 15) is 0 Å². The van der Waals surface area contributed by atoms with Crippen LogP contribution in [0.1, 0.15) is 43.2 Å². The Labute approximate surface area is 113 Å². The van der Waals surface area contributed by atoms with Crippen LogP contribution in [0.2, 0.25) is 0 Å². The lowest BCUT2D eigenvalue weighted by molar-refractivity contribution is 0.216. The van der Waals surface area contributed by atoms with E-state index >= 15 is 0 Å². The number of aromatic nitrogens is 1. The van der Waals surface area contributed by atoms with Crippen molar-refractivity contribution in [3.8, 4) is 0 Å². The van der Waals surface area contributed by atoms with Crippen LogP contribution in [0.4, 0.5) is 5.13 Å². The van der Waals surface area contributed by atoms with Gasteiger partial charge in [0.25, 0.3) is 0 Å². The maximum Gasteiger partial charge on any atom is 0.180 e. The van der Waals surface area contributed by atoms with E-state index in [2.05, 4.69) is 22.9 Å². The summed E-state index contributed by atoms with van der Waals surface area (Å²) in [5.41, 5.74) is 8.52. The Balaban J connectivity index is 1.86. The molecule has 0 fully saturated rings. The molecule has 0 bridgehead atoms. The van der Waals surface area contributed by atoms with E-state index in [1.165, 1.54) is 48.5 Å². The highest BCUT2D eigenvalue weighted by Crippen LogP contribution is 2.39. The second kappa shape index (κ2) is 5.02. The van der Waals surface area contributed by atoms with Crippen molar-refractivity contribution in [3.63, 3.8) is 0 Å². The number of anilines is 1. The summed E-state index contributed by atoms with van der Waals surface area (Å²) in [6, 6.07) is 0.597. The van der Waals surface area contributed by atoms with Crippen LogP contribution in [0.3, 0.4) is 0 Å². The van der Waals surface area contributed by atoms with Gasteiger partial charge in [-0.3, -0.25) is 4.90 Å². The lowest BCUT2D eigenvalue weighted by atomic mass is 9.87. The highest BCUT2D eigenvalue weighted by atomic mass is 32.1. The normalized spacial score (nSPS) is 23.4. The maximum atomic E-state index is 5.86. The van der Waals surface area contributed by atoms with Crippen LogP contribution in [0.15, 0.2) is 6.08 Å². The van der Waals surface area contributed by atoms with Crippen molar-refractivity contribution in [2.45, 2.75) is 45.1 Å². The fourth-order valence-corrected chi connectivity index (χ4v) is 4.00. The van der Waals surface area contributed by atoms with Gasteiger partial charge >= 0.3 is 0 Å². The molecule has 1 aliphatic heterocycles. The fourth-order valence-electron chi connectivity index (χ4n) is 3.13. The Morgan fingerprint density at radius 3 is 3.28 bits per heavy atom. The first-order valence-corrected chi connectivity index (χ1v) is 7.81. The van der Waals surface area contributed by atoms with E-state index in [0.29, 0.717) is 6.04 Å². The molecule has 1 aromatic heterocycles. The summed E-state index contributed by atoms with van der Waals surface area (Å²) in [7, 11) is 0. The second-order valence-electron chi connectivity index (χ2n) is 5.22. The van der Waals surface area contributed by atoms with Gasteiger partial charge in [0.05, 0.1) is 5.69 Å². The molecular formula is C14H21N3S. The summed E-state index contributed by atoms with van der Waals surface area (Å²) in [6.07, 6.45) is 8.52. The fraction of sp³-hybridized carbons (Fsp3) is 0.643. The molecule has 0 spiro atoms. The van der Waals surface area contributed by atoms with Crippen LogP contribution < -0.4 is 5.73 Å². The summed E-state index contributed by atoms with van der Waals surface area (Å²) < 4.78 is 0. The van der Waals surface area contributed by atoms with Crippen LogP contribution in [-0.2, 0) is 6.42 Å². The number of fused-ring (bicyclic) bond motifs is 3. The monoisotopic (exact) mass is 263 g/mol. The summed E-state index contributed by atoms with van der Waals surface area (Å²) in [5.74, 6) is 0. The quantitative estimate of drug-likeness (QED) is 0.911. The zero-order valence-corrected chi connectivity index (χ0v) is 11.8. The van der Waals surface area contributed by atoms with Gasteiger partial charge < -0.3 is 5.73 Å². The molecule has 1 unspecified atom stereocenters. The molecule has 0 amide bonds. The summed E-state index contributed by atoms with van der Waals surface area (Å²) in [6.45, 7) is 4.71. The van der Waals surface area contributed by atoms with Gasteiger partial charge in [-0.1, -0.05) is 19.4 Å². The Hall–Kier alpha value is -0.870. The van der Waals surface area contributed by atoms with Crippen LogP contribution >= 0.6 is 11.3 Å². The predicted molar refractivity (Wildman–Crippen MR) is 77.7 cm³/mol. The Morgan fingerprint density at radius 2 is 2.44 bits per heavy atom. The smallest absolute Gasteiger partial charge is 0.180 e. The highest BCUT2D eigenvalue weighted by Gasteiger charge is 2.32. The number of nitrogens with zero attached hydrogens (tertiary/aromatic N) is 2. The lowest BCUT2D eigenvalue weighted by Gasteiger charge is -2.38. The van der Waals surface area contributed by atoms with Crippen molar-refractivity contribution >= 4 is 22.0 Å². The summed E-state index contributed by atoms with van der Waals surface area (Å²) >= 11 is 1.67. The molecule has 0 saturated carbocycles. The van der Waals surface area contributed by atoms with E-state index in [4.69, 9.17) is 5.73 Å². The van der Waals surface area contributed by atoms with Crippen LogP contribution in [-0.4, -0.2) is 29.0 Å². The molecule has 98 valence electrons. The molecule has 2 heterocycles. The average molecular weight is 263 g/mol. The van der Waals surface area contributed by atoms with E-state index in [-0.39, 0.29) is 0 Å². The van der Waals surface area contributed by atoms with E-state index in [1.807, 2.05) is 0 Å². The summed E-state index contributed by atoms with van der Waals surface area (Å²) in [4.78, 5) is 8.60. The van der Waals surface area contributed by atoms with E-state index in [1.54, 1.807) is 11.3 Å². The van der Waals surface area contributed by atoms with Gasteiger partial charge in [0.1, 0.15) is 0 Å². The van der Waals surface area contributed by atoms with Gasteiger partial charge in [-0.25, -0.2) is 4.98 Å². The first kappa shape index (κ1) is 12.2. The van der Waals surface area contributed by atoms with Gasteiger partial charge in [-0.2, -0.15) is 0 Å². The minimum Gasteiger partial charge on any atom is -0.375 e. The van der Waals surface area contributed by atoms with E-state index < -0.39 is 0 Å². The van der Waals surface area contributed by atoms with Gasteiger partial charge in [0.15, 0.2) is 5.13 Å². The first-order chi connectivity index (χ1) is 8.79. The number of thiazole rings is 1. The molecule has 0 radical (unpaired) electrons. The molecule has 1 atom stereocenters. The van der Waals surface area contributed by atoms with Crippen LogP contribution in [0.25, 0.3) is 5.57 Å². The SMILES string of the molecule is CCCCN1CCC=C2c3nc(N)sc3CCC21. The minimum atomic E-state index is 0.597. The maximum absolute atomic E-state index is 5.86. The van der Waals surface area contributed by atoms with Gasteiger partial charge in [-0.05, 0) is 37.8 Å². The zero-order valence-electron chi connectivity index (χ0n) is 11.0. The molecule has 2 aliphatic rings. The number of rotatable bonds is 3. The minimum absolute atomic E-state index is 0.597. The number of unbranched alkanes of at least 4 members (excludes halogenated alkanes) is 1. The van der Waals surface area contributed by atoms with Gasteiger partial charge in [0, 0.05) is 17.5 Å². The van der Waals surface area contributed by atoms with Crippen molar-refractivity contribution in [2.75, 3.05) is 18.8 Å². The van der Waals surface area contributed by atoms with Gasteiger partial charge in [-0.15, -0.1) is 11.3 Å². The van der Waals surface area contributed by atoms with Crippen LogP contribution in [0, 0.1) is 0 Å². The molecule has 0 aromatic carbocycles. The Bertz CT molecular complexity index is 464. The number of nitrogen functional groups attached to an aromatic ring is 1. The molecule has 4 heteroatoms. The molecule has 18 heavy (non-hydrogen) atoms. The molecule has 0 saturated heterocycles. The van der Waals surface area contributed by atoms with E-state index in [0.717, 1.165) is 18.0 Å². The highest BCUT2D eigenvalue weighted by molar-refractivity contribution is 7.15. The molecule has 2 N–H and O–H groups in total. The van der Waals surface area contributed by atoms with Crippen LogP contribution in [0.5, 0.6) is 0 Å². The molecule has 1 aliphatic carbocycles. The first-order valence-electron chi connectivity index (χ1n) is 6.99. The standard InChI is InChI=1S/C14H21N3S/c1-2-3-8-17-9-4-5-10-11(17)6-7-12-13(10)16-14(15)18-12/h5,11H,2-4,6-9H2,1H3,(H2,15,16). The van der Waals surface area contributed by atoms with Crippen molar-refractivity contribution in [2.24, 2.45) is 0 Å². The van der Waals surface area contributed by atoms with Gasteiger partial charge in [0.2, 0.25) is 0 Å². The molecule has 1 aromatic rings. The number of hydrogen-bond donors (Lipinski definition) is 1. The third-order valence-electron chi connectivity index (χ3n) is 4.01. The zero-order chi connectivity index (χ0) is 12.5. The average Bonchev–Trinajstić information content (AvgIpc) is 2.77. The topological polar surface area (TPSA) is 42.2 Å². The number of hydrogen-bond acceptors (Lipinski definition) is 4. The van der Waals surface area contributed by atoms with Crippen molar-refractivity contribution in [3.05, 3.63) is 16.6 Å². The number of aryl methyl sites for hydroxylation is 1. The molecule has 3 nitrogen and oxygen atoms in total. The van der Waals surface area contributed by atoms with Crippen molar-refractivity contribution in [1.82, 2.24) is 9.88 Å². The lowest BCUT2D eigenvalue weighted by Crippen LogP contribution is -2.41. The molecular weight excluding hydrogens is 242 g/mol.